The second-order valence-corrected chi connectivity index (χ2v) is 24.2. The van der Waals surface area contributed by atoms with Gasteiger partial charge in [-0.3, -0.25) is 14.4 Å². The molecule has 0 aliphatic carbocycles. The highest BCUT2D eigenvalue weighted by Crippen LogP contribution is 2.19. The minimum absolute atomic E-state index is 0.0660. The molecule has 0 aromatic carbocycles. The molecule has 0 saturated carbocycles. The smallest absolute Gasteiger partial charge is 0.306 e. The zero-order valence-corrected chi connectivity index (χ0v) is 52.5. The molecule has 456 valence electrons. The molecule has 1 unspecified atom stereocenters. The molecule has 6 heteroatoms. The Morgan fingerprint density at radius 2 is 0.455 bits per heavy atom. The number of ether oxygens (including phenoxy) is 3. The number of carbonyl (C=O) groups excluding carboxylic acids is 3. The number of esters is 3. The number of hydrogen-bond donors (Lipinski definition) is 0. The molecule has 0 radical (unpaired) electrons. The molecular weight excluding hydrogens is 949 g/mol. The van der Waals surface area contributed by atoms with E-state index in [-0.39, 0.29) is 31.1 Å². The van der Waals surface area contributed by atoms with Crippen LogP contribution in [0.5, 0.6) is 0 Å². The van der Waals surface area contributed by atoms with Gasteiger partial charge in [-0.2, -0.15) is 0 Å². The van der Waals surface area contributed by atoms with Gasteiger partial charge in [-0.25, -0.2) is 0 Å². The zero-order chi connectivity index (χ0) is 55.7. The van der Waals surface area contributed by atoms with Crippen LogP contribution in [0.2, 0.25) is 0 Å². The maximum Gasteiger partial charge on any atom is 0.306 e. The second kappa shape index (κ2) is 66.7. The fraction of sp³-hybridized carbons (Fsp3) is 0.930. The first-order chi connectivity index (χ1) is 38.0. The van der Waals surface area contributed by atoms with E-state index in [4.69, 9.17) is 14.2 Å². The van der Waals surface area contributed by atoms with Crippen molar-refractivity contribution >= 4 is 17.9 Å². The van der Waals surface area contributed by atoms with Crippen LogP contribution in [-0.4, -0.2) is 37.2 Å². The lowest BCUT2D eigenvalue weighted by atomic mass is 10.0. The second-order valence-electron chi connectivity index (χ2n) is 24.2. The van der Waals surface area contributed by atoms with Crippen molar-refractivity contribution in [2.24, 2.45) is 0 Å². The molecule has 0 N–H and O–H groups in total. The molecule has 0 rings (SSSR count). The maximum absolute atomic E-state index is 12.9. The van der Waals surface area contributed by atoms with E-state index in [9.17, 15) is 14.4 Å². The van der Waals surface area contributed by atoms with Gasteiger partial charge in [0, 0.05) is 19.3 Å². The van der Waals surface area contributed by atoms with Gasteiger partial charge in [-0.05, 0) is 38.5 Å². The van der Waals surface area contributed by atoms with Gasteiger partial charge in [0.05, 0.1) is 0 Å². The van der Waals surface area contributed by atoms with E-state index in [0.29, 0.717) is 19.3 Å². The average molecular weight is 1090 g/mol. The first-order valence-corrected chi connectivity index (χ1v) is 35.2. The molecular formula is C71H136O6. The molecule has 6 nitrogen and oxygen atoms in total. The molecule has 0 aliphatic heterocycles. The lowest BCUT2D eigenvalue weighted by molar-refractivity contribution is -0.167. The molecule has 0 heterocycles. The summed E-state index contributed by atoms with van der Waals surface area (Å²) in [7, 11) is 0. The van der Waals surface area contributed by atoms with E-state index in [1.807, 2.05) is 0 Å². The maximum atomic E-state index is 12.9. The standard InChI is InChI=1S/C71H136O6/c1-4-7-10-13-16-19-22-24-26-28-30-32-34-35-36-38-39-41-43-45-47-49-52-55-58-61-64-70(73)76-67-68(66-75-69(72)63-60-57-54-51-21-18-15-12-9-6-3)77-71(74)65-62-59-56-53-50-48-46-44-42-40-37-33-31-29-27-25-23-20-17-14-11-8-5-2/h12,15,68H,4-11,13-14,16-67H2,1-3H3/b15-12-. The SMILES string of the molecule is CCC/C=C\CCCCCCCC(=O)OCC(COC(=O)CCCCCCCCCCCCCCCCCCCCCCCCCCCC)OC(=O)CCCCCCCCCCCCCCCCCCCCCCCCC. The van der Waals surface area contributed by atoms with Gasteiger partial charge in [0.25, 0.3) is 0 Å². The highest BCUT2D eigenvalue weighted by molar-refractivity contribution is 5.71. The quantitative estimate of drug-likeness (QED) is 0.0261. The minimum atomic E-state index is -0.769. The number of carbonyl (C=O) groups is 3. The van der Waals surface area contributed by atoms with Gasteiger partial charge in [0.2, 0.25) is 0 Å². The summed E-state index contributed by atoms with van der Waals surface area (Å²) in [5.41, 5.74) is 0. The van der Waals surface area contributed by atoms with Gasteiger partial charge in [-0.15, -0.1) is 0 Å². The molecule has 0 aromatic rings. The fourth-order valence-electron chi connectivity index (χ4n) is 11.0. The predicted molar refractivity (Wildman–Crippen MR) is 335 cm³/mol. The molecule has 0 saturated heterocycles. The molecule has 0 amide bonds. The van der Waals surface area contributed by atoms with Crippen molar-refractivity contribution in [2.45, 2.75) is 412 Å². The first-order valence-electron chi connectivity index (χ1n) is 35.2. The third-order valence-electron chi connectivity index (χ3n) is 16.3. The Balaban J connectivity index is 4.11. The van der Waals surface area contributed by atoms with Crippen molar-refractivity contribution in [3.05, 3.63) is 12.2 Å². The molecule has 1 atom stereocenters. The van der Waals surface area contributed by atoms with Crippen LogP contribution < -0.4 is 0 Å². The van der Waals surface area contributed by atoms with Crippen LogP contribution in [0.15, 0.2) is 12.2 Å². The number of unbranched alkanes of at least 4 members (excludes halogenated alkanes) is 53. The Hall–Kier alpha value is -1.85. The van der Waals surface area contributed by atoms with E-state index in [1.165, 1.54) is 295 Å². The summed E-state index contributed by atoms with van der Waals surface area (Å²) in [4.78, 5) is 38.3. The summed E-state index contributed by atoms with van der Waals surface area (Å²) >= 11 is 0. The molecule has 77 heavy (non-hydrogen) atoms. The van der Waals surface area contributed by atoms with Crippen molar-refractivity contribution in [3.63, 3.8) is 0 Å². The Bertz CT molecular complexity index is 1200. The summed E-state index contributed by atoms with van der Waals surface area (Å²) < 4.78 is 16.9. The Labute approximate surface area is 481 Å². The third kappa shape index (κ3) is 64.9. The van der Waals surface area contributed by atoms with Crippen LogP contribution in [0.4, 0.5) is 0 Å². The number of rotatable bonds is 66. The van der Waals surface area contributed by atoms with Crippen molar-refractivity contribution in [1.82, 2.24) is 0 Å². The summed E-state index contributed by atoms with van der Waals surface area (Å²) in [6.45, 7) is 6.66. The lowest BCUT2D eigenvalue weighted by Crippen LogP contribution is -2.30. The normalized spacial score (nSPS) is 12.0. The topological polar surface area (TPSA) is 78.9 Å². The molecule has 0 bridgehead atoms. The Kier molecular flexibility index (Phi) is 65.1. The van der Waals surface area contributed by atoms with E-state index in [2.05, 4.69) is 32.9 Å². The third-order valence-corrected chi connectivity index (χ3v) is 16.3. The van der Waals surface area contributed by atoms with E-state index >= 15 is 0 Å². The van der Waals surface area contributed by atoms with Gasteiger partial charge in [0.1, 0.15) is 13.2 Å². The Morgan fingerprint density at radius 1 is 0.247 bits per heavy atom. The van der Waals surface area contributed by atoms with Crippen molar-refractivity contribution in [3.8, 4) is 0 Å². The van der Waals surface area contributed by atoms with Crippen molar-refractivity contribution < 1.29 is 28.6 Å². The van der Waals surface area contributed by atoms with Crippen LogP contribution in [0, 0.1) is 0 Å². The molecule has 0 spiro atoms. The van der Waals surface area contributed by atoms with Crippen LogP contribution in [0.1, 0.15) is 406 Å². The highest BCUT2D eigenvalue weighted by atomic mass is 16.6. The predicted octanol–water partition coefficient (Wildman–Crippen LogP) is 24.0. The molecule has 0 aliphatic rings. The van der Waals surface area contributed by atoms with Gasteiger partial charge in [0.15, 0.2) is 6.10 Å². The zero-order valence-electron chi connectivity index (χ0n) is 52.5. The summed E-state index contributed by atoms with van der Waals surface area (Å²) in [5.74, 6) is -0.844. The van der Waals surface area contributed by atoms with E-state index in [1.54, 1.807) is 0 Å². The number of hydrogen-bond acceptors (Lipinski definition) is 6. The first kappa shape index (κ1) is 75.2. The minimum Gasteiger partial charge on any atom is -0.462 e. The summed E-state index contributed by atoms with van der Waals surface area (Å²) in [6.07, 6.45) is 79.8. The van der Waals surface area contributed by atoms with Crippen molar-refractivity contribution in [2.75, 3.05) is 13.2 Å². The largest absolute Gasteiger partial charge is 0.462 e. The lowest BCUT2D eigenvalue weighted by Gasteiger charge is -2.18. The highest BCUT2D eigenvalue weighted by Gasteiger charge is 2.19. The Morgan fingerprint density at radius 3 is 0.701 bits per heavy atom. The summed E-state index contributed by atoms with van der Waals surface area (Å²) in [6, 6.07) is 0. The van der Waals surface area contributed by atoms with E-state index < -0.39 is 6.10 Å². The number of allylic oxidation sites excluding steroid dienone is 2. The van der Waals surface area contributed by atoms with Crippen molar-refractivity contribution in [1.29, 1.82) is 0 Å². The van der Waals surface area contributed by atoms with Gasteiger partial charge < -0.3 is 14.2 Å². The van der Waals surface area contributed by atoms with Crippen LogP contribution in [-0.2, 0) is 28.6 Å². The van der Waals surface area contributed by atoms with Gasteiger partial charge in [-0.1, -0.05) is 360 Å². The van der Waals surface area contributed by atoms with Crippen LogP contribution in [0.25, 0.3) is 0 Å². The molecule has 0 fully saturated rings. The van der Waals surface area contributed by atoms with Gasteiger partial charge >= 0.3 is 17.9 Å². The van der Waals surface area contributed by atoms with Crippen LogP contribution in [0.3, 0.4) is 0 Å². The summed E-state index contributed by atoms with van der Waals surface area (Å²) in [5, 5.41) is 0. The fourth-order valence-corrected chi connectivity index (χ4v) is 11.0. The molecule has 0 aromatic heterocycles. The van der Waals surface area contributed by atoms with E-state index in [0.717, 1.165) is 70.6 Å². The average Bonchev–Trinajstić information content (AvgIpc) is 3.43. The monoisotopic (exact) mass is 1090 g/mol. The van der Waals surface area contributed by atoms with Crippen LogP contribution >= 0.6 is 0 Å².